The standard InChI is InChI=1S/C14H21N.C3H8.C2H6/c1-2-13-9-6-10-15(11-13)12-14-7-4-3-5-8-14;1-3-2;1-2/h3-5,7-8,13H,2,6,9-12H2,1H3;3H2,1-2H3;1-2H3. The number of nitrogens with zero attached hydrogens (tertiary/aromatic N) is 1. The fourth-order valence-corrected chi connectivity index (χ4v) is 2.47. The minimum atomic E-state index is 0.933. The Kier molecular flexibility index (Phi) is 12.6. The van der Waals surface area contributed by atoms with E-state index in [4.69, 9.17) is 0 Å². The van der Waals surface area contributed by atoms with Crippen molar-refractivity contribution < 1.29 is 0 Å². The molecule has 0 N–H and O–H groups in total. The Balaban J connectivity index is 0.000000641. The molecule has 1 unspecified atom stereocenters. The number of hydrogen-bond acceptors (Lipinski definition) is 1. The van der Waals surface area contributed by atoms with Crippen molar-refractivity contribution >= 4 is 0 Å². The predicted molar refractivity (Wildman–Crippen MR) is 92.0 cm³/mol. The lowest BCUT2D eigenvalue weighted by atomic mass is 9.95. The van der Waals surface area contributed by atoms with Crippen LogP contribution in [0.3, 0.4) is 0 Å². The number of hydrogen-bond donors (Lipinski definition) is 0. The Hall–Kier alpha value is -0.820. The van der Waals surface area contributed by atoms with Crippen LogP contribution >= 0.6 is 0 Å². The third-order valence-electron chi connectivity index (χ3n) is 3.43. The fourth-order valence-electron chi connectivity index (χ4n) is 2.47. The van der Waals surface area contributed by atoms with Crippen LogP contribution in [0.5, 0.6) is 0 Å². The Morgan fingerprint density at radius 3 is 2.20 bits per heavy atom. The van der Waals surface area contributed by atoms with Crippen LogP contribution in [0.25, 0.3) is 0 Å². The SMILES string of the molecule is CC.CCC.CCC1CCCN(Cc2ccccc2)C1. The highest BCUT2D eigenvalue weighted by molar-refractivity contribution is 5.14. The molecule has 0 spiro atoms. The zero-order valence-corrected chi connectivity index (χ0v) is 14.4. The molecule has 1 aliphatic heterocycles. The first-order valence-corrected chi connectivity index (χ1v) is 8.56. The van der Waals surface area contributed by atoms with E-state index in [0.29, 0.717) is 0 Å². The molecule has 0 radical (unpaired) electrons. The molecule has 20 heavy (non-hydrogen) atoms. The van der Waals surface area contributed by atoms with Gasteiger partial charge in [0.25, 0.3) is 0 Å². The lowest BCUT2D eigenvalue weighted by molar-refractivity contribution is 0.165. The first kappa shape index (κ1) is 19.2. The molecule has 0 aliphatic carbocycles. The first-order chi connectivity index (χ1) is 9.80. The van der Waals surface area contributed by atoms with Gasteiger partial charge in [-0.3, -0.25) is 4.90 Å². The molecule has 1 saturated heterocycles. The Bertz CT molecular complexity index is 294. The molecule has 1 aromatic rings. The average molecular weight is 277 g/mol. The molecule has 1 aliphatic rings. The molecule has 116 valence electrons. The van der Waals surface area contributed by atoms with Gasteiger partial charge in [-0.15, -0.1) is 0 Å². The zero-order valence-electron chi connectivity index (χ0n) is 14.4. The summed E-state index contributed by atoms with van der Waals surface area (Å²) in [6.07, 6.45) is 5.40. The molecule has 1 atom stereocenters. The van der Waals surface area contributed by atoms with E-state index in [1.807, 2.05) is 13.8 Å². The van der Waals surface area contributed by atoms with E-state index in [-0.39, 0.29) is 0 Å². The third kappa shape index (κ3) is 8.37. The lowest BCUT2D eigenvalue weighted by Crippen LogP contribution is -2.34. The second-order valence-corrected chi connectivity index (χ2v) is 5.34. The maximum atomic E-state index is 2.60. The second-order valence-electron chi connectivity index (χ2n) is 5.34. The number of likely N-dealkylation sites (tertiary alicyclic amines) is 1. The van der Waals surface area contributed by atoms with Gasteiger partial charge in [0.15, 0.2) is 0 Å². The molecular formula is C19H35N. The summed E-state index contributed by atoms with van der Waals surface area (Å²) in [5.41, 5.74) is 1.45. The summed E-state index contributed by atoms with van der Waals surface area (Å²) in [6.45, 7) is 14.3. The van der Waals surface area contributed by atoms with E-state index in [1.165, 1.54) is 44.3 Å². The van der Waals surface area contributed by atoms with Crippen molar-refractivity contribution in [1.29, 1.82) is 0 Å². The minimum absolute atomic E-state index is 0.933. The summed E-state index contributed by atoms with van der Waals surface area (Å²) >= 11 is 0. The Morgan fingerprint density at radius 2 is 1.65 bits per heavy atom. The van der Waals surface area contributed by atoms with E-state index >= 15 is 0 Å². The Morgan fingerprint density at radius 1 is 1.05 bits per heavy atom. The van der Waals surface area contributed by atoms with Crippen molar-refractivity contribution in [2.75, 3.05) is 13.1 Å². The summed E-state index contributed by atoms with van der Waals surface area (Å²) < 4.78 is 0. The van der Waals surface area contributed by atoms with E-state index in [1.54, 1.807) is 0 Å². The lowest BCUT2D eigenvalue weighted by Gasteiger charge is -2.32. The molecule has 0 amide bonds. The van der Waals surface area contributed by atoms with E-state index in [2.05, 4.69) is 56.0 Å². The van der Waals surface area contributed by atoms with Gasteiger partial charge in [0.1, 0.15) is 0 Å². The van der Waals surface area contributed by atoms with Crippen LogP contribution in [0, 0.1) is 5.92 Å². The molecule has 0 aromatic heterocycles. The van der Waals surface area contributed by atoms with Crippen molar-refractivity contribution in [3.05, 3.63) is 35.9 Å². The molecule has 1 aromatic carbocycles. The van der Waals surface area contributed by atoms with Gasteiger partial charge in [-0.05, 0) is 30.9 Å². The van der Waals surface area contributed by atoms with Gasteiger partial charge >= 0.3 is 0 Å². The molecule has 1 heterocycles. The van der Waals surface area contributed by atoms with Crippen molar-refractivity contribution in [2.24, 2.45) is 5.92 Å². The highest BCUT2D eigenvalue weighted by Crippen LogP contribution is 2.20. The number of benzene rings is 1. The highest BCUT2D eigenvalue weighted by atomic mass is 15.1. The van der Waals surface area contributed by atoms with Gasteiger partial charge in [-0.1, -0.05) is 77.8 Å². The van der Waals surface area contributed by atoms with Gasteiger partial charge in [0, 0.05) is 13.1 Å². The van der Waals surface area contributed by atoms with Crippen LogP contribution in [-0.4, -0.2) is 18.0 Å². The second kappa shape index (κ2) is 13.2. The maximum Gasteiger partial charge on any atom is 0.0233 e. The summed E-state index contributed by atoms with van der Waals surface area (Å²) in [5.74, 6) is 0.933. The van der Waals surface area contributed by atoms with Crippen LogP contribution in [0.2, 0.25) is 0 Å². The quantitative estimate of drug-likeness (QED) is 0.680. The summed E-state index contributed by atoms with van der Waals surface area (Å²) in [4.78, 5) is 2.60. The van der Waals surface area contributed by atoms with Crippen molar-refractivity contribution in [3.63, 3.8) is 0 Å². The van der Waals surface area contributed by atoms with Gasteiger partial charge in [-0.2, -0.15) is 0 Å². The summed E-state index contributed by atoms with van der Waals surface area (Å²) in [7, 11) is 0. The number of rotatable bonds is 3. The molecule has 1 fully saturated rings. The topological polar surface area (TPSA) is 3.24 Å². The molecular weight excluding hydrogens is 242 g/mol. The molecule has 1 heteroatoms. The van der Waals surface area contributed by atoms with Gasteiger partial charge in [0.05, 0.1) is 0 Å². The predicted octanol–water partition coefficient (Wildman–Crippen LogP) is 5.75. The molecule has 0 saturated carbocycles. The van der Waals surface area contributed by atoms with Crippen LogP contribution in [-0.2, 0) is 6.54 Å². The smallest absolute Gasteiger partial charge is 0.0233 e. The van der Waals surface area contributed by atoms with Crippen molar-refractivity contribution in [1.82, 2.24) is 4.90 Å². The van der Waals surface area contributed by atoms with Crippen molar-refractivity contribution in [3.8, 4) is 0 Å². The Labute approximate surface area is 127 Å². The van der Waals surface area contributed by atoms with Crippen molar-refractivity contribution in [2.45, 2.75) is 66.8 Å². The fraction of sp³-hybridized carbons (Fsp3) is 0.684. The molecule has 0 bridgehead atoms. The van der Waals surface area contributed by atoms with Crippen LogP contribution < -0.4 is 0 Å². The molecule has 1 nitrogen and oxygen atoms in total. The summed E-state index contributed by atoms with van der Waals surface area (Å²) in [6, 6.07) is 10.8. The maximum absolute atomic E-state index is 2.60. The van der Waals surface area contributed by atoms with E-state index in [0.717, 1.165) is 12.5 Å². The first-order valence-electron chi connectivity index (χ1n) is 8.56. The van der Waals surface area contributed by atoms with E-state index in [9.17, 15) is 0 Å². The van der Waals surface area contributed by atoms with E-state index < -0.39 is 0 Å². The highest BCUT2D eigenvalue weighted by Gasteiger charge is 2.17. The van der Waals surface area contributed by atoms with Crippen LogP contribution in [0.1, 0.15) is 65.9 Å². The normalized spacial score (nSPS) is 18.4. The zero-order chi connectivity index (χ0) is 15.2. The average Bonchev–Trinajstić information content (AvgIpc) is 2.51. The largest absolute Gasteiger partial charge is 0.299 e. The third-order valence-corrected chi connectivity index (χ3v) is 3.43. The van der Waals surface area contributed by atoms with Gasteiger partial charge < -0.3 is 0 Å². The van der Waals surface area contributed by atoms with Crippen LogP contribution in [0.15, 0.2) is 30.3 Å². The van der Waals surface area contributed by atoms with Gasteiger partial charge in [-0.25, -0.2) is 0 Å². The minimum Gasteiger partial charge on any atom is -0.299 e. The van der Waals surface area contributed by atoms with Crippen LogP contribution in [0.4, 0.5) is 0 Å². The molecule has 2 rings (SSSR count). The summed E-state index contributed by atoms with van der Waals surface area (Å²) in [5, 5.41) is 0. The monoisotopic (exact) mass is 277 g/mol. The number of piperidine rings is 1. The van der Waals surface area contributed by atoms with Gasteiger partial charge in [0.2, 0.25) is 0 Å².